The maximum Gasteiger partial charge on any atom is 0.264 e. The predicted molar refractivity (Wildman–Crippen MR) is 77.0 cm³/mol. The topological polar surface area (TPSA) is 85.1 Å². The second kappa shape index (κ2) is 6.04. The van der Waals surface area contributed by atoms with Crippen molar-refractivity contribution in [3.05, 3.63) is 52.3 Å². The van der Waals surface area contributed by atoms with Gasteiger partial charge in [-0.2, -0.15) is 0 Å². The Bertz CT molecular complexity index is 784. The third-order valence-electron chi connectivity index (χ3n) is 2.60. The first kappa shape index (κ1) is 15.8. The van der Waals surface area contributed by atoms with Crippen molar-refractivity contribution in [2.45, 2.75) is 11.4 Å². The molecule has 0 unspecified atom stereocenters. The molecule has 1 aromatic carbocycles. The van der Waals surface area contributed by atoms with Crippen molar-refractivity contribution in [1.29, 1.82) is 0 Å². The van der Waals surface area contributed by atoms with Gasteiger partial charge in [-0.15, -0.1) is 0 Å². The SMILES string of the molecule is NCc1cc(F)c(F)c(S(=O)(=O)Nc2ccncc2Br)c1. The maximum atomic E-state index is 13.8. The molecule has 9 heteroatoms. The number of rotatable bonds is 4. The lowest BCUT2D eigenvalue weighted by atomic mass is 10.2. The number of halogens is 3. The van der Waals surface area contributed by atoms with Crippen LogP contribution in [0.25, 0.3) is 0 Å². The number of nitrogens with one attached hydrogen (secondary N) is 1. The molecule has 112 valence electrons. The molecule has 2 rings (SSSR count). The molecule has 0 aliphatic heterocycles. The first-order valence-corrected chi connectivity index (χ1v) is 7.93. The van der Waals surface area contributed by atoms with E-state index in [4.69, 9.17) is 5.73 Å². The summed E-state index contributed by atoms with van der Waals surface area (Å²) in [7, 11) is -4.30. The summed E-state index contributed by atoms with van der Waals surface area (Å²) in [5.74, 6) is -2.73. The fourth-order valence-electron chi connectivity index (χ4n) is 1.59. The number of nitrogens with two attached hydrogens (primary N) is 1. The monoisotopic (exact) mass is 377 g/mol. The van der Waals surface area contributed by atoms with Gasteiger partial charge in [0.25, 0.3) is 10.0 Å². The molecule has 0 amide bonds. The normalized spacial score (nSPS) is 11.4. The van der Waals surface area contributed by atoms with Crippen LogP contribution in [0.2, 0.25) is 0 Å². The lowest BCUT2D eigenvalue weighted by Gasteiger charge is -2.11. The van der Waals surface area contributed by atoms with Crippen LogP contribution in [-0.2, 0) is 16.6 Å². The van der Waals surface area contributed by atoms with Crippen LogP contribution < -0.4 is 10.5 Å². The number of aromatic nitrogens is 1. The van der Waals surface area contributed by atoms with Crippen LogP contribution in [0.4, 0.5) is 14.5 Å². The number of anilines is 1. The van der Waals surface area contributed by atoms with Crippen molar-refractivity contribution in [1.82, 2.24) is 4.98 Å². The van der Waals surface area contributed by atoms with E-state index in [9.17, 15) is 17.2 Å². The highest BCUT2D eigenvalue weighted by atomic mass is 79.9. The van der Waals surface area contributed by atoms with Crippen molar-refractivity contribution >= 4 is 31.6 Å². The minimum atomic E-state index is -4.30. The molecule has 0 saturated carbocycles. The molecular weight excluding hydrogens is 368 g/mol. The van der Waals surface area contributed by atoms with Gasteiger partial charge in [0.2, 0.25) is 0 Å². The fourth-order valence-corrected chi connectivity index (χ4v) is 3.29. The highest BCUT2D eigenvalue weighted by Gasteiger charge is 2.23. The van der Waals surface area contributed by atoms with Crippen LogP contribution in [0, 0.1) is 11.6 Å². The summed E-state index contributed by atoms with van der Waals surface area (Å²) in [6.07, 6.45) is 2.72. The van der Waals surface area contributed by atoms with E-state index in [-0.39, 0.29) is 17.8 Å². The number of sulfonamides is 1. The highest BCUT2D eigenvalue weighted by Crippen LogP contribution is 2.26. The van der Waals surface area contributed by atoms with E-state index < -0.39 is 26.6 Å². The van der Waals surface area contributed by atoms with Gasteiger partial charge >= 0.3 is 0 Å². The van der Waals surface area contributed by atoms with E-state index in [1.54, 1.807) is 0 Å². The molecule has 1 aromatic heterocycles. The predicted octanol–water partition coefficient (Wildman–Crippen LogP) is 2.38. The summed E-state index contributed by atoms with van der Waals surface area (Å²) in [4.78, 5) is 2.98. The second-order valence-electron chi connectivity index (χ2n) is 4.05. The van der Waals surface area contributed by atoms with Gasteiger partial charge in [-0.1, -0.05) is 0 Å². The fraction of sp³-hybridized carbons (Fsp3) is 0.0833. The highest BCUT2D eigenvalue weighted by molar-refractivity contribution is 9.10. The van der Waals surface area contributed by atoms with Crippen LogP contribution in [0.5, 0.6) is 0 Å². The van der Waals surface area contributed by atoms with Gasteiger partial charge in [-0.05, 0) is 39.7 Å². The van der Waals surface area contributed by atoms with Gasteiger partial charge in [0.15, 0.2) is 11.6 Å². The summed E-state index contributed by atoms with van der Waals surface area (Å²) < 4.78 is 54.1. The van der Waals surface area contributed by atoms with Gasteiger partial charge in [-0.3, -0.25) is 9.71 Å². The van der Waals surface area contributed by atoms with Gasteiger partial charge in [0.1, 0.15) is 4.90 Å². The molecule has 0 saturated heterocycles. The van der Waals surface area contributed by atoms with Crippen LogP contribution in [0.1, 0.15) is 5.56 Å². The summed E-state index contributed by atoms with van der Waals surface area (Å²) >= 11 is 3.11. The van der Waals surface area contributed by atoms with E-state index in [1.807, 2.05) is 0 Å². The number of hydrogen-bond acceptors (Lipinski definition) is 4. The number of pyridine rings is 1. The zero-order chi connectivity index (χ0) is 15.6. The first-order chi connectivity index (χ1) is 9.85. The largest absolute Gasteiger partial charge is 0.326 e. The molecule has 5 nitrogen and oxygen atoms in total. The molecular formula is C12H10BrF2N3O2S. The van der Waals surface area contributed by atoms with Crippen LogP contribution in [0.15, 0.2) is 40.0 Å². The van der Waals surface area contributed by atoms with Crippen molar-refractivity contribution in [3.8, 4) is 0 Å². The third kappa shape index (κ3) is 3.36. The van der Waals surface area contributed by atoms with Crippen LogP contribution in [-0.4, -0.2) is 13.4 Å². The maximum absolute atomic E-state index is 13.8. The number of nitrogens with zero attached hydrogens (tertiary/aromatic N) is 1. The first-order valence-electron chi connectivity index (χ1n) is 5.65. The van der Waals surface area contributed by atoms with Crippen molar-refractivity contribution < 1.29 is 17.2 Å². The molecule has 2 aromatic rings. The Balaban J connectivity index is 2.50. The average molecular weight is 378 g/mol. The van der Waals surface area contributed by atoms with E-state index in [0.717, 1.165) is 12.1 Å². The summed E-state index contributed by atoms with van der Waals surface area (Å²) in [6.45, 7) is -0.112. The van der Waals surface area contributed by atoms with Gasteiger partial charge < -0.3 is 5.73 Å². The molecule has 0 aliphatic carbocycles. The van der Waals surface area contributed by atoms with Crippen LogP contribution >= 0.6 is 15.9 Å². The molecule has 0 fully saturated rings. The molecule has 0 aliphatic rings. The zero-order valence-corrected chi connectivity index (χ0v) is 12.9. The standard InChI is InChI=1S/C12H10BrF2N3O2S/c13-8-6-17-2-1-10(8)18-21(19,20)11-4-7(5-16)3-9(14)12(11)15/h1-4,6H,5,16H2,(H,17,18). The van der Waals surface area contributed by atoms with E-state index in [2.05, 4.69) is 25.6 Å². The Labute approximate surface area is 128 Å². The Kier molecular flexibility index (Phi) is 4.55. The van der Waals surface area contributed by atoms with Gasteiger partial charge in [0, 0.05) is 18.9 Å². The average Bonchev–Trinajstić information content (AvgIpc) is 2.43. The molecule has 0 atom stereocenters. The lowest BCUT2D eigenvalue weighted by Crippen LogP contribution is -2.16. The quantitative estimate of drug-likeness (QED) is 0.856. The van der Waals surface area contributed by atoms with Crippen molar-refractivity contribution in [3.63, 3.8) is 0 Å². The second-order valence-corrected chi connectivity index (χ2v) is 6.56. The summed E-state index contributed by atoms with van der Waals surface area (Å²) in [5.41, 5.74) is 5.66. The van der Waals surface area contributed by atoms with Crippen molar-refractivity contribution in [2.75, 3.05) is 4.72 Å². The molecule has 21 heavy (non-hydrogen) atoms. The number of hydrogen-bond donors (Lipinski definition) is 2. The molecule has 0 spiro atoms. The van der Waals surface area contributed by atoms with Gasteiger partial charge in [-0.25, -0.2) is 17.2 Å². The molecule has 1 heterocycles. The summed E-state index contributed by atoms with van der Waals surface area (Å²) in [5, 5.41) is 0. The summed E-state index contributed by atoms with van der Waals surface area (Å²) in [6, 6.07) is 3.23. The Morgan fingerprint density at radius 3 is 2.67 bits per heavy atom. The van der Waals surface area contributed by atoms with E-state index in [1.165, 1.54) is 18.5 Å². The van der Waals surface area contributed by atoms with Crippen molar-refractivity contribution in [2.24, 2.45) is 5.73 Å². The number of benzene rings is 1. The third-order valence-corrected chi connectivity index (χ3v) is 4.59. The van der Waals surface area contributed by atoms with Crippen LogP contribution in [0.3, 0.4) is 0 Å². The Morgan fingerprint density at radius 1 is 1.33 bits per heavy atom. The van der Waals surface area contributed by atoms with Gasteiger partial charge in [0.05, 0.1) is 10.2 Å². The Hall–Kier alpha value is -1.58. The molecule has 0 bridgehead atoms. The molecule has 0 radical (unpaired) electrons. The van der Waals surface area contributed by atoms with E-state index in [0.29, 0.717) is 4.47 Å². The lowest BCUT2D eigenvalue weighted by molar-refractivity contribution is 0.483. The smallest absolute Gasteiger partial charge is 0.264 e. The minimum absolute atomic E-state index is 0.112. The van der Waals surface area contributed by atoms with E-state index >= 15 is 0 Å². The minimum Gasteiger partial charge on any atom is -0.326 e. The molecule has 3 N–H and O–H groups in total. The Morgan fingerprint density at radius 2 is 2.05 bits per heavy atom. The zero-order valence-electron chi connectivity index (χ0n) is 10.5.